The van der Waals surface area contributed by atoms with Gasteiger partial charge in [0, 0.05) is 0 Å². The molecule has 0 spiro atoms. The molecular weight excluding hydrogens is 227 g/mol. The minimum absolute atomic E-state index is 0.118. The van der Waals surface area contributed by atoms with E-state index in [1.165, 1.54) is 6.07 Å². The lowest BCUT2D eigenvalue weighted by Crippen LogP contribution is -2.40. The maximum Gasteiger partial charge on any atom is 0.146 e. The minimum Gasteiger partial charge on any atom is -0.365 e. The number of nitriles is 1. The smallest absolute Gasteiger partial charge is 0.146 e. The predicted octanol–water partition coefficient (Wildman–Crippen LogP) is 3.96. The van der Waals surface area contributed by atoms with E-state index >= 15 is 0 Å². The molecule has 1 aromatic rings. The van der Waals surface area contributed by atoms with Gasteiger partial charge in [-0.25, -0.2) is 4.39 Å². The number of para-hydroxylation sites is 1. The summed E-state index contributed by atoms with van der Waals surface area (Å²) in [5, 5.41) is 12.7. The highest BCUT2D eigenvalue weighted by atomic mass is 19.1. The first-order chi connectivity index (χ1) is 8.38. The van der Waals surface area contributed by atoms with Crippen LogP contribution >= 0.6 is 0 Å². The second-order valence-electron chi connectivity index (χ2n) is 6.13. The van der Waals surface area contributed by atoms with Crippen LogP contribution in [0.3, 0.4) is 0 Å². The molecule has 1 aliphatic carbocycles. The number of hydrogen-bond donors (Lipinski definition) is 1. The molecule has 0 aliphatic heterocycles. The van der Waals surface area contributed by atoms with Crippen molar-refractivity contribution in [3.8, 4) is 6.07 Å². The van der Waals surface area contributed by atoms with Gasteiger partial charge in [0.2, 0.25) is 0 Å². The second kappa shape index (κ2) is 4.28. The number of benzene rings is 1. The fourth-order valence-electron chi connectivity index (χ4n) is 3.15. The van der Waals surface area contributed by atoms with Crippen molar-refractivity contribution >= 4 is 5.69 Å². The van der Waals surface area contributed by atoms with E-state index in [4.69, 9.17) is 0 Å². The Bertz CT molecular complexity index is 490. The van der Waals surface area contributed by atoms with Gasteiger partial charge in [-0.15, -0.1) is 0 Å². The van der Waals surface area contributed by atoms with Crippen molar-refractivity contribution in [3.05, 3.63) is 30.1 Å². The third-order valence-electron chi connectivity index (χ3n) is 3.89. The van der Waals surface area contributed by atoms with Crippen molar-refractivity contribution in [3.63, 3.8) is 0 Å². The van der Waals surface area contributed by atoms with Crippen molar-refractivity contribution in [2.45, 2.75) is 39.2 Å². The summed E-state index contributed by atoms with van der Waals surface area (Å²) in [5.74, 6) is -0.0962. The van der Waals surface area contributed by atoms with Gasteiger partial charge in [-0.3, -0.25) is 0 Å². The van der Waals surface area contributed by atoms with E-state index in [0.717, 1.165) is 12.8 Å². The topological polar surface area (TPSA) is 35.8 Å². The van der Waals surface area contributed by atoms with Crippen LogP contribution in [0.2, 0.25) is 0 Å². The first-order valence-corrected chi connectivity index (χ1v) is 6.32. The van der Waals surface area contributed by atoms with Crippen molar-refractivity contribution in [1.82, 2.24) is 0 Å². The van der Waals surface area contributed by atoms with Gasteiger partial charge in [-0.1, -0.05) is 32.9 Å². The Morgan fingerprint density at radius 2 is 2.06 bits per heavy atom. The van der Waals surface area contributed by atoms with Crippen LogP contribution < -0.4 is 5.32 Å². The molecule has 0 amide bonds. The summed E-state index contributed by atoms with van der Waals surface area (Å²) in [6, 6.07) is 8.92. The summed E-state index contributed by atoms with van der Waals surface area (Å²) in [6.07, 6.45) is 1.72. The molecule has 2 rings (SSSR count). The number of hydrogen-bond acceptors (Lipinski definition) is 2. The molecule has 1 fully saturated rings. The molecule has 3 heteroatoms. The highest BCUT2D eigenvalue weighted by molar-refractivity contribution is 5.50. The summed E-state index contributed by atoms with van der Waals surface area (Å²) in [6.45, 7) is 6.38. The number of rotatable bonds is 2. The molecule has 0 radical (unpaired) electrons. The molecule has 18 heavy (non-hydrogen) atoms. The third-order valence-corrected chi connectivity index (χ3v) is 3.89. The molecule has 2 unspecified atom stereocenters. The average Bonchev–Trinajstić information content (AvgIpc) is 2.52. The monoisotopic (exact) mass is 246 g/mol. The van der Waals surface area contributed by atoms with E-state index in [9.17, 15) is 9.65 Å². The summed E-state index contributed by atoms with van der Waals surface area (Å²) in [7, 11) is 0. The summed E-state index contributed by atoms with van der Waals surface area (Å²) >= 11 is 0. The Labute approximate surface area is 108 Å². The van der Waals surface area contributed by atoms with E-state index < -0.39 is 5.54 Å². The molecule has 0 bridgehead atoms. The summed E-state index contributed by atoms with van der Waals surface area (Å²) in [5.41, 5.74) is -0.123. The molecule has 1 N–H and O–H groups in total. The van der Waals surface area contributed by atoms with Crippen molar-refractivity contribution in [1.29, 1.82) is 5.26 Å². The fourth-order valence-corrected chi connectivity index (χ4v) is 3.15. The van der Waals surface area contributed by atoms with E-state index in [-0.39, 0.29) is 17.2 Å². The van der Waals surface area contributed by atoms with Crippen LogP contribution in [0.15, 0.2) is 24.3 Å². The summed E-state index contributed by atoms with van der Waals surface area (Å²) < 4.78 is 13.7. The van der Waals surface area contributed by atoms with Gasteiger partial charge in [0.25, 0.3) is 0 Å². The van der Waals surface area contributed by atoms with Crippen LogP contribution in [0.1, 0.15) is 33.6 Å². The lowest BCUT2D eigenvalue weighted by atomic mass is 9.87. The Kier molecular flexibility index (Phi) is 3.06. The first-order valence-electron chi connectivity index (χ1n) is 6.32. The Morgan fingerprint density at radius 3 is 2.56 bits per heavy atom. The zero-order valence-corrected chi connectivity index (χ0v) is 11.1. The highest BCUT2D eigenvalue weighted by Crippen LogP contribution is 2.48. The molecule has 0 aromatic heterocycles. The quantitative estimate of drug-likeness (QED) is 0.857. The Balaban J connectivity index is 2.31. The van der Waals surface area contributed by atoms with Crippen LogP contribution in [0.25, 0.3) is 0 Å². The number of anilines is 1. The third kappa shape index (κ3) is 2.20. The Morgan fingerprint density at radius 1 is 1.39 bits per heavy atom. The number of nitrogens with zero attached hydrogens (tertiary/aromatic N) is 1. The van der Waals surface area contributed by atoms with Gasteiger partial charge in [0.15, 0.2) is 0 Å². The molecule has 2 atom stereocenters. The molecule has 0 heterocycles. The van der Waals surface area contributed by atoms with Gasteiger partial charge in [0.1, 0.15) is 11.4 Å². The fraction of sp³-hybridized carbons (Fsp3) is 0.533. The SMILES string of the molecule is CC1CC(C)(C)CC1(C#N)Nc1ccccc1F. The molecule has 96 valence electrons. The maximum absolute atomic E-state index is 13.7. The molecule has 2 nitrogen and oxygen atoms in total. The Hall–Kier alpha value is -1.56. The van der Waals surface area contributed by atoms with Crippen LogP contribution in [0, 0.1) is 28.5 Å². The van der Waals surface area contributed by atoms with E-state index in [1.54, 1.807) is 18.2 Å². The van der Waals surface area contributed by atoms with Gasteiger partial charge in [-0.2, -0.15) is 5.26 Å². The first kappa shape index (κ1) is 12.9. The zero-order chi connectivity index (χ0) is 13.4. The van der Waals surface area contributed by atoms with Crippen molar-refractivity contribution in [2.75, 3.05) is 5.32 Å². The lowest BCUT2D eigenvalue weighted by Gasteiger charge is -2.29. The molecular formula is C15H19FN2. The largest absolute Gasteiger partial charge is 0.365 e. The van der Waals surface area contributed by atoms with Gasteiger partial charge in [0.05, 0.1) is 11.8 Å². The molecule has 1 aliphatic rings. The number of halogens is 1. The molecule has 1 aromatic carbocycles. The van der Waals surface area contributed by atoms with Crippen molar-refractivity contribution < 1.29 is 4.39 Å². The number of nitrogens with one attached hydrogen (secondary N) is 1. The van der Waals surface area contributed by atoms with Crippen LogP contribution in [0.5, 0.6) is 0 Å². The van der Waals surface area contributed by atoms with Gasteiger partial charge in [-0.05, 0) is 36.3 Å². The predicted molar refractivity (Wildman–Crippen MR) is 70.5 cm³/mol. The maximum atomic E-state index is 13.7. The summed E-state index contributed by atoms with van der Waals surface area (Å²) in [4.78, 5) is 0. The van der Waals surface area contributed by atoms with E-state index in [1.807, 2.05) is 0 Å². The standard InChI is InChI=1S/C15H19FN2/c1-11-8-14(2,3)9-15(11,10-17)18-13-7-5-4-6-12(13)16/h4-7,11,18H,8-9H2,1-3H3. The van der Waals surface area contributed by atoms with E-state index in [0.29, 0.717) is 5.69 Å². The van der Waals surface area contributed by atoms with Crippen molar-refractivity contribution in [2.24, 2.45) is 11.3 Å². The zero-order valence-electron chi connectivity index (χ0n) is 11.1. The van der Waals surface area contributed by atoms with Crippen LogP contribution in [0.4, 0.5) is 10.1 Å². The van der Waals surface area contributed by atoms with Crippen LogP contribution in [-0.4, -0.2) is 5.54 Å². The average molecular weight is 246 g/mol. The molecule has 0 saturated heterocycles. The second-order valence-corrected chi connectivity index (χ2v) is 6.13. The molecule has 1 saturated carbocycles. The van der Waals surface area contributed by atoms with Crippen LogP contribution in [-0.2, 0) is 0 Å². The highest BCUT2D eigenvalue weighted by Gasteiger charge is 2.49. The van der Waals surface area contributed by atoms with Gasteiger partial charge < -0.3 is 5.32 Å². The minimum atomic E-state index is -0.661. The normalized spacial score (nSPS) is 29.8. The van der Waals surface area contributed by atoms with E-state index in [2.05, 4.69) is 32.2 Å². The lowest BCUT2D eigenvalue weighted by molar-refractivity contribution is 0.363. The van der Waals surface area contributed by atoms with Gasteiger partial charge >= 0.3 is 0 Å².